The third-order valence-corrected chi connectivity index (χ3v) is 2.93. The summed E-state index contributed by atoms with van der Waals surface area (Å²) >= 11 is 0. The molecule has 0 aromatic carbocycles. The minimum Gasteiger partial charge on any atom is -0.376 e. The van der Waals surface area contributed by atoms with Crippen LogP contribution in [-0.4, -0.2) is 47.0 Å². The lowest BCUT2D eigenvalue weighted by atomic mass is 10.1. The highest BCUT2D eigenvalue weighted by Crippen LogP contribution is 2.12. The summed E-state index contributed by atoms with van der Waals surface area (Å²) in [5, 5.41) is 4.14. The van der Waals surface area contributed by atoms with Crippen molar-refractivity contribution in [3.05, 3.63) is 18.0 Å². The van der Waals surface area contributed by atoms with Crippen LogP contribution in [0, 0.1) is 0 Å². The number of aromatic nitrogens is 2. The first-order valence-electron chi connectivity index (χ1n) is 5.73. The maximum atomic E-state index is 6.15. The Hall–Kier alpha value is -0.910. The molecule has 1 aromatic heterocycles. The van der Waals surface area contributed by atoms with Crippen molar-refractivity contribution in [2.75, 3.05) is 26.2 Å². The first kappa shape index (κ1) is 11.6. The number of ether oxygens (including phenoxy) is 1. The summed E-state index contributed by atoms with van der Waals surface area (Å²) in [4.78, 5) is 2.35. The molecular formula is C11H20N4O. The molecule has 0 spiro atoms. The van der Waals surface area contributed by atoms with E-state index in [1.54, 1.807) is 4.68 Å². The molecule has 1 aliphatic heterocycles. The predicted octanol–water partition coefficient (Wildman–Crippen LogP) is 0.141. The minimum atomic E-state index is 0.0407. The van der Waals surface area contributed by atoms with Gasteiger partial charge in [-0.05, 0) is 6.92 Å². The van der Waals surface area contributed by atoms with Gasteiger partial charge in [0.25, 0.3) is 0 Å². The number of hydrogen-bond acceptors (Lipinski definition) is 4. The maximum Gasteiger partial charge on any atom is 0.0674 e. The Bertz CT molecular complexity index is 338. The van der Waals surface area contributed by atoms with E-state index in [1.165, 1.54) is 0 Å². The Kier molecular flexibility index (Phi) is 3.58. The molecule has 1 aromatic rings. The molecule has 2 unspecified atom stereocenters. The van der Waals surface area contributed by atoms with E-state index in [-0.39, 0.29) is 6.04 Å². The van der Waals surface area contributed by atoms with Crippen LogP contribution in [0.25, 0.3) is 0 Å². The first-order chi connectivity index (χ1) is 7.65. The summed E-state index contributed by atoms with van der Waals surface area (Å²) in [7, 11) is 1.91. The number of nitrogens with zero attached hydrogens (tertiary/aromatic N) is 3. The van der Waals surface area contributed by atoms with Gasteiger partial charge >= 0.3 is 0 Å². The van der Waals surface area contributed by atoms with Crippen LogP contribution in [0.5, 0.6) is 0 Å². The van der Waals surface area contributed by atoms with E-state index in [1.807, 2.05) is 19.4 Å². The van der Waals surface area contributed by atoms with E-state index in [9.17, 15) is 0 Å². The molecule has 0 aliphatic carbocycles. The fourth-order valence-corrected chi connectivity index (χ4v) is 2.07. The Morgan fingerprint density at radius 1 is 1.69 bits per heavy atom. The Balaban J connectivity index is 1.89. The van der Waals surface area contributed by atoms with Crippen LogP contribution in [0.1, 0.15) is 18.5 Å². The van der Waals surface area contributed by atoms with Gasteiger partial charge in [-0.25, -0.2) is 0 Å². The summed E-state index contributed by atoms with van der Waals surface area (Å²) in [6, 6.07) is 0.0407. The minimum absolute atomic E-state index is 0.0407. The average Bonchev–Trinajstić information content (AvgIpc) is 2.65. The fourth-order valence-electron chi connectivity index (χ4n) is 2.07. The van der Waals surface area contributed by atoms with Crippen molar-refractivity contribution in [1.82, 2.24) is 14.7 Å². The Morgan fingerprint density at radius 2 is 2.50 bits per heavy atom. The highest BCUT2D eigenvalue weighted by molar-refractivity contribution is 5.10. The smallest absolute Gasteiger partial charge is 0.0674 e. The lowest BCUT2D eigenvalue weighted by Gasteiger charge is -2.32. The topological polar surface area (TPSA) is 56.3 Å². The second-order valence-electron chi connectivity index (χ2n) is 4.49. The molecular weight excluding hydrogens is 204 g/mol. The molecule has 1 aliphatic rings. The van der Waals surface area contributed by atoms with E-state index in [0.717, 1.165) is 31.8 Å². The largest absolute Gasteiger partial charge is 0.376 e. The molecule has 2 rings (SSSR count). The van der Waals surface area contributed by atoms with Gasteiger partial charge in [-0.15, -0.1) is 0 Å². The SMILES string of the molecule is CC1CN(CC(N)c2cnn(C)c2)CCO1. The quantitative estimate of drug-likeness (QED) is 0.793. The Morgan fingerprint density at radius 3 is 3.12 bits per heavy atom. The summed E-state index contributed by atoms with van der Waals surface area (Å²) < 4.78 is 7.29. The molecule has 2 heterocycles. The van der Waals surface area contributed by atoms with Crippen molar-refractivity contribution in [2.45, 2.75) is 19.1 Å². The standard InChI is InChI=1S/C11H20N4O/c1-9-6-15(3-4-16-9)8-11(12)10-5-13-14(2)7-10/h5,7,9,11H,3-4,6,8,12H2,1-2H3. The average molecular weight is 224 g/mol. The van der Waals surface area contributed by atoms with E-state index in [2.05, 4.69) is 16.9 Å². The molecule has 5 nitrogen and oxygen atoms in total. The molecule has 90 valence electrons. The van der Waals surface area contributed by atoms with Crippen molar-refractivity contribution < 1.29 is 4.74 Å². The number of hydrogen-bond donors (Lipinski definition) is 1. The van der Waals surface area contributed by atoms with Crippen LogP contribution in [0.15, 0.2) is 12.4 Å². The zero-order valence-electron chi connectivity index (χ0n) is 9.97. The molecule has 1 saturated heterocycles. The van der Waals surface area contributed by atoms with Gasteiger partial charge in [-0.1, -0.05) is 0 Å². The zero-order valence-corrected chi connectivity index (χ0v) is 9.97. The van der Waals surface area contributed by atoms with Crippen LogP contribution in [-0.2, 0) is 11.8 Å². The Labute approximate surface area is 96.2 Å². The van der Waals surface area contributed by atoms with E-state index in [0.29, 0.717) is 6.10 Å². The monoisotopic (exact) mass is 224 g/mol. The van der Waals surface area contributed by atoms with Gasteiger partial charge < -0.3 is 10.5 Å². The van der Waals surface area contributed by atoms with Crippen molar-refractivity contribution in [2.24, 2.45) is 12.8 Å². The third-order valence-electron chi connectivity index (χ3n) is 2.93. The lowest BCUT2D eigenvalue weighted by Crippen LogP contribution is -2.44. The fraction of sp³-hybridized carbons (Fsp3) is 0.727. The van der Waals surface area contributed by atoms with E-state index in [4.69, 9.17) is 10.5 Å². The molecule has 2 atom stereocenters. The second-order valence-corrected chi connectivity index (χ2v) is 4.49. The molecule has 1 fully saturated rings. The van der Waals surface area contributed by atoms with Crippen LogP contribution in [0.4, 0.5) is 0 Å². The summed E-state index contributed by atoms with van der Waals surface area (Å²) in [5.74, 6) is 0. The number of nitrogens with two attached hydrogens (primary N) is 1. The van der Waals surface area contributed by atoms with Gasteiger partial charge in [0.15, 0.2) is 0 Å². The van der Waals surface area contributed by atoms with E-state index >= 15 is 0 Å². The summed E-state index contributed by atoms with van der Waals surface area (Å²) in [5.41, 5.74) is 7.25. The number of morpholine rings is 1. The molecule has 0 amide bonds. The normalized spacial score (nSPS) is 24.6. The van der Waals surface area contributed by atoms with Gasteiger partial charge in [-0.2, -0.15) is 5.10 Å². The molecule has 0 radical (unpaired) electrons. The number of aryl methyl sites for hydroxylation is 1. The number of rotatable bonds is 3. The predicted molar refractivity (Wildman–Crippen MR) is 62.0 cm³/mol. The zero-order chi connectivity index (χ0) is 11.5. The van der Waals surface area contributed by atoms with Gasteiger partial charge in [0.05, 0.1) is 18.9 Å². The molecule has 16 heavy (non-hydrogen) atoms. The van der Waals surface area contributed by atoms with Crippen molar-refractivity contribution in [3.8, 4) is 0 Å². The van der Waals surface area contributed by atoms with Crippen molar-refractivity contribution >= 4 is 0 Å². The van der Waals surface area contributed by atoms with Gasteiger partial charge in [0.1, 0.15) is 0 Å². The van der Waals surface area contributed by atoms with Crippen molar-refractivity contribution in [3.63, 3.8) is 0 Å². The summed E-state index contributed by atoms with van der Waals surface area (Å²) in [6.45, 7) is 5.72. The summed E-state index contributed by atoms with van der Waals surface area (Å²) in [6.07, 6.45) is 4.14. The van der Waals surface area contributed by atoms with Crippen LogP contribution >= 0.6 is 0 Å². The second kappa shape index (κ2) is 4.95. The van der Waals surface area contributed by atoms with Gasteiger partial charge in [0, 0.05) is 44.5 Å². The van der Waals surface area contributed by atoms with Gasteiger partial charge in [-0.3, -0.25) is 9.58 Å². The lowest BCUT2D eigenvalue weighted by molar-refractivity contribution is -0.0199. The van der Waals surface area contributed by atoms with Crippen LogP contribution < -0.4 is 5.73 Å². The molecule has 0 bridgehead atoms. The highest BCUT2D eigenvalue weighted by atomic mass is 16.5. The molecule has 0 saturated carbocycles. The molecule has 2 N–H and O–H groups in total. The molecule has 5 heteroatoms. The van der Waals surface area contributed by atoms with Crippen LogP contribution in [0.2, 0.25) is 0 Å². The van der Waals surface area contributed by atoms with E-state index < -0.39 is 0 Å². The first-order valence-corrected chi connectivity index (χ1v) is 5.73. The van der Waals surface area contributed by atoms with Crippen LogP contribution in [0.3, 0.4) is 0 Å². The van der Waals surface area contributed by atoms with Gasteiger partial charge in [0.2, 0.25) is 0 Å². The maximum absolute atomic E-state index is 6.15. The van der Waals surface area contributed by atoms with Crippen molar-refractivity contribution in [1.29, 1.82) is 0 Å². The third kappa shape index (κ3) is 2.81. The highest BCUT2D eigenvalue weighted by Gasteiger charge is 2.19.